The number of aromatic nitrogens is 4. The van der Waals surface area contributed by atoms with Crippen LogP contribution in [0, 0.1) is 12.8 Å². The van der Waals surface area contributed by atoms with Gasteiger partial charge in [-0.15, -0.1) is 0 Å². The van der Waals surface area contributed by atoms with E-state index in [1.54, 1.807) is 12.4 Å². The van der Waals surface area contributed by atoms with Crippen LogP contribution in [0.5, 0.6) is 0 Å². The Hall–Kier alpha value is -3.88. The van der Waals surface area contributed by atoms with Crippen LogP contribution < -0.4 is 10.6 Å². The van der Waals surface area contributed by atoms with E-state index in [9.17, 15) is 4.79 Å². The van der Waals surface area contributed by atoms with Crippen LogP contribution in [0.2, 0.25) is 0 Å². The monoisotopic (exact) mass is 429 g/mol. The highest BCUT2D eigenvalue weighted by molar-refractivity contribution is 5.98. The minimum absolute atomic E-state index is 0.00267. The van der Waals surface area contributed by atoms with Gasteiger partial charge in [-0.05, 0) is 49.6 Å². The molecule has 2 aliphatic heterocycles. The van der Waals surface area contributed by atoms with Crippen molar-refractivity contribution >= 4 is 28.7 Å². The molecule has 2 N–H and O–H groups in total. The first kappa shape index (κ1) is 18.9. The Labute approximate surface area is 184 Å². The zero-order valence-electron chi connectivity index (χ0n) is 17.7. The van der Waals surface area contributed by atoms with Crippen molar-refractivity contribution in [3.63, 3.8) is 0 Å². The average molecular weight is 429 g/mol. The Morgan fingerprint density at radius 3 is 2.78 bits per heavy atom. The third kappa shape index (κ3) is 3.08. The van der Waals surface area contributed by atoms with Crippen molar-refractivity contribution in [1.29, 1.82) is 0 Å². The normalized spacial score (nSPS) is 20.3. The van der Waals surface area contributed by atoms with Crippen molar-refractivity contribution in [3.8, 4) is 5.69 Å². The van der Waals surface area contributed by atoms with Gasteiger partial charge in [0.1, 0.15) is 5.52 Å². The summed E-state index contributed by atoms with van der Waals surface area (Å²) in [6, 6.07) is 12.0. The van der Waals surface area contributed by atoms with Gasteiger partial charge in [0.25, 0.3) is 11.9 Å². The first-order chi connectivity index (χ1) is 15.5. The second kappa shape index (κ2) is 7.08. The molecule has 4 aromatic rings. The number of oxazole rings is 1. The number of aryl methyl sites for hydroxylation is 1. The summed E-state index contributed by atoms with van der Waals surface area (Å²) in [5.41, 5.74) is 10.4. The fourth-order valence-electron chi connectivity index (χ4n) is 4.92. The topological polar surface area (TPSA) is 106 Å². The van der Waals surface area contributed by atoms with Crippen LogP contribution in [-0.2, 0) is 0 Å². The molecule has 2 fully saturated rings. The molecule has 0 spiro atoms. The zero-order chi connectivity index (χ0) is 21.8. The summed E-state index contributed by atoms with van der Waals surface area (Å²) in [6.07, 6.45) is 4.24. The third-order valence-corrected chi connectivity index (χ3v) is 6.36. The van der Waals surface area contributed by atoms with Gasteiger partial charge in [-0.1, -0.05) is 11.6 Å². The van der Waals surface area contributed by atoms with Gasteiger partial charge in [0.15, 0.2) is 5.58 Å². The predicted molar refractivity (Wildman–Crippen MR) is 120 cm³/mol. The number of nitrogens with two attached hydrogens (primary N) is 1. The number of carbonyl (C=O) groups is 1. The number of amides is 1. The van der Waals surface area contributed by atoms with Gasteiger partial charge >= 0.3 is 0 Å². The fraction of sp³-hybridized carbons (Fsp3) is 0.304. The number of carbonyl (C=O) groups excluding carboxylic acids is 1. The van der Waals surface area contributed by atoms with E-state index in [1.165, 1.54) is 4.80 Å². The van der Waals surface area contributed by atoms with E-state index in [0.717, 1.165) is 29.6 Å². The molecule has 1 amide bonds. The van der Waals surface area contributed by atoms with Gasteiger partial charge in [0, 0.05) is 25.3 Å². The summed E-state index contributed by atoms with van der Waals surface area (Å²) in [4.78, 5) is 23.9. The van der Waals surface area contributed by atoms with E-state index in [0.29, 0.717) is 42.0 Å². The van der Waals surface area contributed by atoms with Crippen LogP contribution in [0.3, 0.4) is 0 Å². The van der Waals surface area contributed by atoms with E-state index in [-0.39, 0.29) is 11.9 Å². The van der Waals surface area contributed by atoms with Gasteiger partial charge in [-0.3, -0.25) is 4.79 Å². The lowest BCUT2D eigenvalue weighted by molar-refractivity contribution is 0.0693. The lowest BCUT2D eigenvalue weighted by Crippen LogP contribution is -2.45. The molecule has 2 unspecified atom stereocenters. The minimum Gasteiger partial charge on any atom is -0.423 e. The Morgan fingerprint density at radius 2 is 1.94 bits per heavy atom. The van der Waals surface area contributed by atoms with Gasteiger partial charge in [-0.25, -0.2) is 0 Å². The van der Waals surface area contributed by atoms with Crippen molar-refractivity contribution < 1.29 is 9.21 Å². The molecule has 162 valence electrons. The number of rotatable bonds is 3. The molecule has 0 saturated carbocycles. The SMILES string of the molecule is Cc1ccc(-n2nccn2)c(C(=O)N2CC3CC(C2)N(c2nc4cc(N)ccc4o2)C3)c1. The summed E-state index contributed by atoms with van der Waals surface area (Å²) in [7, 11) is 0. The van der Waals surface area contributed by atoms with Gasteiger partial charge in [0.2, 0.25) is 0 Å². The molecule has 0 radical (unpaired) electrons. The lowest BCUT2D eigenvalue weighted by Gasteiger charge is -2.32. The number of nitrogens with zero attached hydrogens (tertiary/aromatic N) is 6. The number of nitrogen functional groups attached to an aromatic ring is 1. The molecule has 0 aliphatic carbocycles. The fourth-order valence-corrected chi connectivity index (χ4v) is 4.92. The Morgan fingerprint density at radius 1 is 1.09 bits per heavy atom. The number of benzene rings is 2. The lowest BCUT2D eigenvalue weighted by atomic mass is 9.98. The van der Waals surface area contributed by atoms with E-state index in [4.69, 9.17) is 10.2 Å². The Balaban J connectivity index is 1.28. The molecule has 2 atom stereocenters. The van der Waals surface area contributed by atoms with Crippen molar-refractivity contribution in [2.75, 3.05) is 30.3 Å². The molecule has 2 saturated heterocycles. The summed E-state index contributed by atoms with van der Waals surface area (Å²) in [5, 5.41) is 8.44. The summed E-state index contributed by atoms with van der Waals surface area (Å²) >= 11 is 0. The van der Waals surface area contributed by atoms with Crippen molar-refractivity contribution in [2.24, 2.45) is 5.92 Å². The largest absolute Gasteiger partial charge is 0.423 e. The van der Waals surface area contributed by atoms with E-state index in [1.807, 2.05) is 48.2 Å². The zero-order valence-corrected chi connectivity index (χ0v) is 17.7. The number of fused-ring (bicyclic) bond motifs is 3. The van der Waals surface area contributed by atoms with Crippen molar-refractivity contribution in [3.05, 3.63) is 59.9 Å². The maximum absolute atomic E-state index is 13.6. The average Bonchev–Trinajstić information content (AvgIpc) is 3.51. The first-order valence-electron chi connectivity index (χ1n) is 10.7. The van der Waals surface area contributed by atoms with Crippen LogP contribution in [0.25, 0.3) is 16.8 Å². The van der Waals surface area contributed by atoms with E-state index < -0.39 is 0 Å². The minimum atomic E-state index is 0.00267. The molecule has 2 bridgehead atoms. The van der Waals surface area contributed by atoms with Gasteiger partial charge in [0.05, 0.1) is 29.7 Å². The number of anilines is 2. The smallest absolute Gasteiger partial charge is 0.298 e. The highest BCUT2D eigenvalue weighted by atomic mass is 16.4. The van der Waals surface area contributed by atoms with Crippen LogP contribution in [0.4, 0.5) is 11.7 Å². The third-order valence-electron chi connectivity index (χ3n) is 6.36. The van der Waals surface area contributed by atoms with Crippen LogP contribution in [0.1, 0.15) is 22.3 Å². The summed E-state index contributed by atoms with van der Waals surface area (Å²) in [5.74, 6) is 0.372. The van der Waals surface area contributed by atoms with Crippen LogP contribution in [0.15, 0.2) is 53.2 Å². The molecule has 4 heterocycles. The molecule has 6 rings (SSSR count). The number of hydrogen-bond donors (Lipinski definition) is 1. The number of hydrogen-bond acceptors (Lipinski definition) is 7. The molecule has 2 aromatic carbocycles. The first-order valence-corrected chi connectivity index (χ1v) is 10.7. The Bertz CT molecular complexity index is 1310. The van der Waals surface area contributed by atoms with E-state index in [2.05, 4.69) is 20.1 Å². The number of likely N-dealkylation sites (tertiary alicyclic amines) is 1. The molecule has 2 aromatic heterocycles. The van der Waals surface area contributed by atoms with Gasteiger partial charge in [-0.2, -0.15) is 20.0 Å². The second-order valence-electron chi connectivity index (χ2n) is 8.68. The summed E-state index contributed by atoms with van der Waals surface area (Å²) in [6.45, 7) is 4.13. The van der Waals surface area contributed by atoms with Crippen LogP contribution in [-0.4, -0.2) is 56.5 Å². The Kier molecular flexibility index (Phi) is 4.17. The standard InChI is InChI=1S/C23H23N7O2/c1-14-2-4-20(30-25-6-7-26-30)18(8-14)22(31)28-11-15-9-17(13-28)29(12-15)23-27-19-10-16(24)3-5-21(19)32-23/h2-8,10,15,17H,9,11-13,24H2,1H3. The van der Waals surface area contributed by atoms with Gasteiger partial charge < -0.3 is 20.0 Å². The molecule has 2 aliphatic rings. The van der Waals surface area contributed by atoms with E-state index >= 15 is 0 Å². The number of piperidine rings is 1. The predicted octanol–water partition coefficient (Wildman–Crippen LogP) is 2.65. The maximum Gasteiger partial charge on any atom is 0.298 e. The molecule has 9 heteroatoms. The molecule has 32 heavy (non-hydrogen) atoms. The highest BCUT2D eigenvalue weighted by Gasteiger charge is 2.42. The summed E-state index contributed by atoms with van der Waals surface area (Å²) < 4.78 is 6.02. The van der Waals surface area contributed by atoms with Crippen molar-refractivity contribution in [2.45, 2.75) is 19.4 Å². The molecular formula is C23H23N7O2. The van der Waals surface area contributed by atoms with Crippen LogP contribution >= 0.6 is 0 Å². The quantitative estimate of drug-likeness (QED) is 0.499. The van der Waals surface area contributed by atoms with Crippen molar-refractivity contribution in [1.82, 2.24) is 24.9 Å². The highest BCUT2D eigenvalue weighted by Crippen LogP contribution is 2.36. The molecular weight excluding hydrogens is 406 g/mol. The second-order valence-corrected chi connectivity index (χ2v) is 8.68. The maximum atomic E-state index is 13.6. The molecule has 9 nitrogen and oxygen atoms in total.